The van der Waals surface area contributed by atoms with Gasteiger partial charge in [-0.3, -0.25) is 14.9 Å². The molecule has 0 N–H and O–H groups in total. The first-order valence-electron chi connectivity index (χ1n) is 9.43. The van der Waals surface area contributed by atoms with Gasteiger partial charge in [-0.2, -0.15) is 0 Å². The van der Waals surface area contributed by atoms with Crippen LogP contribution in [0.3, 0.4) is 0 Å². The molecular weight excluding hydrogens is 330 g/mol. The minimum absolute atomic E-state index is 0.00273. The predicted molar refractivity (Wildman–Crippen MR) is 112 cm³/mol. The Balaban J connectivity index is 1.72. The molecule has 0 amide bonds. The van der Waals surface area contributed by atoms with E-state index in [1.165, 1.54) is 21.5 Å². The Bertz CT molecular complexity index is 988. The van der Waals surface area contributed by atoms with Crippen LogP contribution >= 0.6 is 0 Å². The highest BCUT2D eigenvalue weighted by Crippen LogP contribution is 2.26. The number of hydrogen-bond acceptors (Lipinski definition) is 3. The van der Waals surface area contributed by atoms with Gasteiger partial charge in [-0.1, -0.05) is 48.5 Å². The van der Waals surface area contributed by atoms with Gasteiger partial charge in [0.1, 0.15) is 0 Å². The van der Waals surface area contributed by atoms with Gasteiger partial charge in [0.25, 0.3) is 0 Å². The second-order valence-corrected chi connectivity index (χ2v) is 7.98. The van der Waals surface area contributed by atoms with Crippen LogP contribution in [-0.4, -0.2) is 20.4 Å². The van der Waals surface area contributed by atoms with Crippen molar-refractivity contribution in [3.63, 3.8) is 0 Å². The van der Waals surface area contributed by atoms with Crippen molar-refractivity contribution in [2.75, 3.05) is 0 Å². The van der Waals surface area contributed by atoms with E-state index in [0.29, 0.717) is 0 Å². The van der Waals surface area contributed by atoms with Crippen LogP contribution in [0.5, 0.6) is 0 Å². The van der Waals surface area contributed by atoms with E-state index in [1.54, 1.807) is 0 Å². The molecular formula is C24H25N3. The second kappa shape index (κ2) is 7.09. The molecule has 2 heterocycles. The minimum atomic E-state index is -0.00273. The van der Waals surface area contributed by atoms with Crippen molar-refractivity contribution in [3.8, 4) is 0 Å². The van der Waals surface area contributed by atoms with E-state index in [1.807, 2.05) is 12.4 Å². The normalized spacial score (nSPS) is 12.1. The standard InChI is InChI=1S/C24H25N3/c1-24(2,3)27(16-22-20-10-6-4-8-18(20)12-14-25-22)17-23-21-11-7-5-9-19(21)13-15-26-23/h4-15H,16-17H2,1-3H3. The molecule has 0 spiro atoms. The topological polar surface area (TPSA) is 29.0 Å². The van der Waals surface area contributed by atoms with Gasteiger partial charge in [-0.25, -0.2) is 0 Å². The number of fused-ring (bicyclic) bond motifs is 2. The van der Waals surface area contributed by atoms with Crippen molar-refractivity contribution < 1.29 is 0 Å². The number of rotatable bonds is 4. The lowest BCUT2D eigenvalue weighted by atomic mass is 10.0. The van der Waals surface area contributed by atoms with Crippen LogP contribution in [0, 0.1) is 0 Å². The maximum atomic E-state index is 4.70. The summed E-state index contributed by atoms with van der Waals surface area (Å²) in [6, 6.07) is 21.1. The molecule has 3 nitrogen and oxygen atoms in total. The Kier molecular flexibility index (Phi) is 4.63. The van der Waals surface area contributed by atoms with Gasteiger partial charge < -0.3 is 0 Å². The average Bonchev–Trinajstić information content (AvgIpc) is 2.67. The first-order valence-corrected chi connectivity index (χ1v) is 9.43. The second-order valence-electron chi connectivity index (χ2n) is 7.98. The van der Waals surface area contributed by atoms with Crippen molar-refractivity contribution in [3.05, 3.63) is 84.4 Å². The third-order valence-electron chi connectivity index (χ3n) is 5.14. The average molecular weight is 355 g/mol. The zero-order valence-electron chi connectivity index (χ0n) is 16.2. The summed E-state index contributed by atoms with van der Waals surface area (Å²) in [5.41, 5.74) is 2.23. The fourth-order valence-corrected chi connectivity index (χ4v) is 3.51. The van der Waals surface area contributed by atoms with Crippen LogP contribution in [0.15, 0.2) is 73.1 Å². The molecule has 0 aliphatic rings. The van der Waals surface area contributed by atoms with Crippen molar-refractivity contribution in [2.45, 2.75) is 39.4 Å². The fraction of sp³-hybridized carbons (Fsp3) is 0.250. The molecule has 0 fully saturated rings. The summed E-state index contributed by atoms with van der Waals surface area (Å²) < 4.78 is 0. The summed E-state index contributed by atoms with van der Waals surface area (Å²) in [5.74, 6) is 0. The number of nitrogens with zero attached hydrogens (tertiary/aromatic N) is 3. The molecule has 2 aromatic heterocycles. The highest BCUT2D eigenvalue weighted by atomic mass is 15.2. The molecule has 2 aromatic carbocycles. The molecule has 136 valence electrons. The molecule has 3 heteroatoms. The number of hydrogen-bond donors (Lipinski definition) is 0. The fourth-order valence-electron chi connectivity index (χ4n) is 3.51. The monoisotopic (exact) mass is 355 g/mol. The zero-order valence-corrected chi connectivity index (χ0v) is 16.2. The van der Waals surface area contributed by atoms with Crippen molar-refractivity contribution in [1.29, 1.82) is 0 Å². The SMILES string of the molecule is CC(C)(C)N(Cc1nccc2ccccc12)Cc1nccc2ccccc12. The molecule has 0 aliphatic carbocycles. The van der Waals surface area contributed by atoms with E-state index in [2.05, 4.69) is 86.3 Å². The number of aromatic nitrogens is 2. The lowest BCUT2D eigenvalue weighted by molar-refractivity contribution is 0.116. The highest BCUT2D eigenvalue weighted by Gasteiger charge is 2.24. The molecule has 0 unspecified atom stereocenters. The predicted octanol–water partition coefficient (Wildman–Crippen LogP) is 5.58. The molecule has 27 heavy (non-hydrogen) atoms. The van der Waals surface area contributed by atoms with Crippen LogP contribution in [-0.2, 0) is 13.1 Å². The molecule has 0 radical (unpaired) electrons. The largest absolute Gasteiger partial charge is 0.287 e. The number of benzene rings is 2. The summed E-state index contributed by atoms with van der Waals surface area (Å²) in [7, 11) is 0. The third-order valence-corrected chi connectivity index (χ3v) is 5.14. The summed E-state index contributed by atoms with van der Waals surface area (Å²) in [6.45, 7) is 8.33. The first kappa shape index (κ1) is 17.6. The Labute approximate surface area is 160 Å². The lowest BCUT2D eigenvalue weighted by Gasteiger charge is -2.35. The van der Waals surface area contributed by atoms with Gasteiger partial charge in [0.05, 0.1) is 11.4 Å². The van der Waals surface area contributed by atoms with Crippen molar-refractivity contribution in [2.24, 2.45) is 0 Å². The highest BCUT2D eigenvalue weighted by molar-refractivity contribution is 5.85. The zero-order chi connectivity index (χ0) is 18.9. The minimum Gasteiger partial charge on any atom is -0.287 e. The van der Waals surface area contributed by atoms with E-state index in [0.717, 1.165) is 24.5 Å². The van der Waals surface area contributed by atoms with Crippen LogP contribution < -0.4 is 0 Å². The maximum absolute atomic E-state index is 4.70. The Hall–Kier alpha value is -2.78. The van der Waals surface area contributed by atoms with E-state index in [9.17, 15) is 0 Å². The Morgan fingerprint density at radius 3 is 1.56 bits per heavy atom. The number of pyridine rings is 2. The van der Waals surface area contributed by atoms with Crippen molar-refractivity contribution >= 4 is 21.5 Å². The van der Waals surface area contributed by atoms with Gasteiger partial charge in [0.2, 0.25) is 0 Å². The molecule has 0 aliphatic heterocycles. The summed E-state index contributed by atoms with van der Waals surface area (Å²) >= 11 is 0. The molecule has 4 aromatic rings. The van der Waals surface area contributed by atoms with Crippen molar-refractivity contribution in [1.82, 2.24) is 14.9 Å². The summed E-state index contributed by atoms with van der Waals surface area (Å²) in [6.07, 6.45) is 3.82. The van der Waals surface area contributed by atoms with Gasteiger partial charge in [-0.05, 0) is 43.7 Å². The van der Waals surface area contributed by atoms with Crippen LogP contribution in [0.1, 0.15) is 32.2 Å². The first-order chi connectivity index (χ1) is 13.0. The Morgan fingerprint density at radius 1 is 0.667 bits per heavy atom. The van der Waals surface area contributed by atoms with Crippen LogP contribution in [0.25, 0.3) is 21.5 Å². The summed E-state index contributed by atoms with van der Waals surface area (Å²) in [5, 5.41) is 4.92. The molecule has 0 bridgehead atoms. The van der Waals surface area contributed by atoms with Crippen LogP contribution in [0.2, 0.25) is 0 Å². The molecule has 4 rings (SSSR count). The van der Waals surface area contributed by atoms with E-state index < -0.39 is 0 Å². The molecule has 0 atom stereocenters. The third kappa shape index (κ3) is 3.69. The molecule has 0 saturated heterocycles. The molecule has 0 saturated carbocycles. The van der Waals surface area contributed by atoms with E-state index in [-0.39, 0.29) is 5.54 Å². The smallest absolute Gasteiger partial charge is 0.0622 e. The van der Waals surface area contributed by atoms with Gasteiger partial charge in [0.15, 0.2) is 0 Å². The summed E-state index contributed by atoms with van der Waals surface area (Å²) in [4.78, 5) is 11.9. The Morgan fingerprint density at radius 2 is 1.11 bits per heavy atom. The van der Waals surface area contributed by atoms with Crippen LogP contribution in [0.4, 0.5) is 0 Å². The van der Waals surface area contributed by atoms with Gasteiger partial charge in [-0.15, -0.1) is 0 Å². The van der Waals surface area contributed by atoms with E-state index in [4.69, 9.17) is 9.97 Å². The maximum Gasteiger partial charge on any atom is 0.0622 e. The van der Waals surface area contributed by atoms with Gasteiger partial charge in [0, 0.05) is 41.8 Å². The van der Waals surface area contributed by atoms with E-state index >= 15 is 0 Å². The quantitative estimate of drug-likeness (QED) is 0.478. The lowest BCUT2D eigenvalue weighted by Crippen LogP contribution is -2.40. The van der Waals surface area contributed by atoms with Gasteiger partial charge >= 0.3 is 0 Å².